The Bertz CT molecular complexity index is 2240. The molecule has 0 spiro atoms. The molecule has 12 heteroatoms. The molecule has 0 unspecified atom stereocenters. The van der Waals surface area contributed by atoms with Crippen molar-refractivity contribution in [1.82, 2.24) is 0 Å². The molecule has 0 amide bonds. The zero-order valence-electron chi connectivity index (χ0n) is 35.5. The van der Waals surface area contributed by atoms with Gasteiger partial charge in [0.2, 0.25) is 0 Å². The van der Waals surface area contributed by atoms with E-state index in [1.54, 1.807) is 146 Å². The summed E-state index contributed by atoms with van der Waals surface area (Å²) in [6, 6.07) is 40.1. The molecule has 0 atom stereocenters. The van der Waals surface area contributed by atoms with Gasteiger partial charge in [-0.1, -0.05) is 0 Å². The highest BCUT2D eigenvalue weighted by Crippen LogP contribution is 2.35. The fourth-order valence-corrected chi connectivity index (χ4v) is 6.93. The molecule has 330 valence electrons. The van der Waals surface area contributed by atoms with Gasteiger partial charge < -0.3 is 28.4 Å². The second-order valence-corrected chi connectivity index (χ2v) is 14.7. The Hall–Kier alpha value is -8.64. The number of carbonyl (C=O) groups is 6. The van der Waals surface area contributed by atoms with E-state index in [-0.39, 0.29) is 39.6 Å². The van der Waals surface area contributed by atoms with E-state index in [0.29, 0.717) is 101 Å². The number of carbonyl (C=O) groups excluding carboxylic acids is 6. The minimum atomic E-state index is -0.0393. The quantitative estimate of drug-likeness (QED) is 0.0530. The van der Waals surface area contributed by atoms with Crippen LogP contribution in [0.15, 0.2) is 146 Å². The minimum Gasteiger partial charge on any atom is -0.489 e. The largest absolute Gasteiger partial charge is 0.489 e. The third-order valence-corrected chi connectivity index (χ3v) is 10.6. The first-order valence-electron chi connectivity index (χ1n) is 20.7. The van der Waals surface area contributed by atoms with Crippen LogP contribution in [0, 0.1) is 0 Å². The maximum Gasteiger partial charge on any atom is 0.150 e. The Labute approximate surface area is 380 Å². The molecule has 0 saturated heterocycles. The van der Waals surface area contributed by atoms with Crippen molar-refractivity contribution in [1.29, 1.82) is 0 Å². The van der Waals surface area contributed by atoms with Crippen molar-refractivity contribution in [2.75, 3.05) is 0 Å². The van der Waals surface area contributed by atoms with Crippen LogP contribution in [0.1, 0.15) is 95.5 Å². The van der Waals surface area contributed by atoms with Gasteiger partial charge in [-0.15, -0.1) is 0 Å². The molecule has 12 nitrogen and oxygen atoms in total. The normalized spacial score (nSPS) is 10.5. The van der Waals surface area contributed by atoms with Crippen molar-refractivity contribution in [3.63, 3.8) is 0 Å². The fraction of sp³-hybridized carbons (Fsp3) is 0.111. The molecule has 0 aromatic heterocycles. The highest BCUT2D eigenvalue weighted by molar-refractivity contribution is 5.77. The number of ether oxygens (including phenoxy) is 6. The summed E-state index contributed by atoms with van der Waals surface area (Å²) < 4.78 is 39.0. The second-order valence-electron chi connectivity index (χ2n) is 14.7. The van der Waals surface area contributed by atoms with Crippen LogP contribution in [-0.4, -0.2) is 37.7 Å². The van der Waals surface area contributed by atoms with Crippen molar-refractivity contribution in [3.8, 4) is 34.5 Å². The van der Waals surface area contributed by atoms with Crippen LogP contribution in [0.5, 0.6) is 34.5 Å². The molecule has 0 aliphatic carbocycles. The molecular weight excluding hydrogens is 841 g/mol. The third kappa shape index (κ3) is 11.9. The highest BCUT2D eigenvalue weighted by Gasteiger charge is 2.27. The third-order valence-electron chi connectivity index (χ3n) is 10.6. The smallest absolute Gasteiger partial charge is 0.150 e. The summed E-state index contributed by atoms with van der Waals surface area (Å²) in [6.45, 7) is -0.236. The van der Waals surface area contributed by atoms with Gasteiger partial charge in [0, 0.05) is 66.8 Å². The molecule has 0 aliphatic heterocycles. The van der Waals surface area contributed by atoms with Crippen molar-refractivity contribution in [3.05, 3.63) is 212 Å². The molecule has 0 aliphatic rings. The molecule has 0 radical (unpaired) electrons. The zero-order valence-corrected chi connectivity index (χ0v) is 35.5. The average molecular weight is 883 g/mol. The lowest BCUT2D eigenvalue weighted by Crippen LogP contribution is -2.21. The van der Waals surface area contributed by atoms with Crippen LogP contribution >= 0.6 is 0 Å². The topological polar surface area (TPSA) is 158 Å². The summed E-state index contributed by atoms with van der Waals surface area (Å²) in [6.07, 6.45) is 4.46. The van der Waals surface area contributed by atoms with Gasteiger partial charge in [-0.05, 0) is 146 Å². The number of benzene rings is 7. The Morgan fingerprint density at radius 2 is 0.333 bits per heavy atom. The molecule has 7 rings (SSSR count). The molecule has 0 bridgehead atoms. The molecule has 66 heavy (non-hydrogen) atoms. The monoisotopic (exact) mass is 882 g/mol. The summed E-state index contributed by atoms with van der Waals surface area (Å²) in [4.78, 5) is 69.2. The van der Waals surface area contributed by atoms with Crippen molar-refractivity contribution < 1.29 is 57.2 Å². The number of aldehydes is 6. The minimum absolute atomic E-state index is 0.0393. The molecule has 7 aromatic carbocycles. The standard InChI is InChI=1S/C54H42O12/c55-25-37-1-13-43(14-2-37)61-31-49-50(32-62-44-15-3-38(26-56)4-16-44)52(34-64-46-19-7-40(28-58)8-20-46)54(36-66-48-23-11-42(30-60)12-24-48)53(35-65-47-21-9-41(29-59)10-22-47)51(49)33-63-45-17-5-39(27-57)6-18-45/h1-30H,31-36H2. The Kier molecular flexibility index (Phi) is 15.6. The second kappa shape index (κ2) is 22.6. The number of rotatable bonds is 24. The summed E-state index contributed by atoms with van der Waals surface area (Å²) in [7, 11) is 0. The van der Waals surface area contributed by atoms with E-state index >= 15 is 0 Å². The van der Waals surface area contributed by atoms with E-state index in [2.05, 4.69) is 0 Å². The van der Waals surface area contributed by atoms with Crippen LogP contribution in [0.4, 0.5) is 0 Å². The first-order chi connectivity index (χ1) is 32.4. The molecular formula is C54H42O12. The lowest BCUT2D eigenvalue weighted by atomic mass is 9.87. The molecule has 0 heterocycles. The van der Waals surface area contributed by atoms with Gasteiger partial charge in [-0.25, -0.2) is 0 Å². The summed E-state index contributed by atoms with van der Waals surface area (Å²) in [5.74, 6) is 2.84. The van der Waals surface area contributed by atoms with Crippen molar-refractivity contribution in [2.24, 2.45) is 0 Å². The van der Waals surface area contributed by atoms with Crippen LogP contribution in [0.25, 0.3) is 0 Å². The highest BCUT2D eigenvalue weighted by atomic mass is 16.5. The lowest BCUT2D eigenvalue weighted by Gasteiger charge is -2.27. The molecule has 0 saturated carbocycles. The predicted molar refractivity (Wildman–Crippen MR) is 243 cm³/mol. The molecule has 7 aromatic rings. The Balaban J connectivity index is 1.44. The van der Waals surface area contributed by atoms with Gasteiger partial charge in [-0.2, -0.15) is 0 Å². The van der Waals surface area contributed by atoms with Crippen molar-refractivity contribution >= 4 is 37.7 Å². The van der Waals surface area contributed by atoms with Crippen LogP contribution < -0.4 is 28.4 Å². The first kappa shape index (κ1) is 45.4. The summed E-state index contributed by atoms with van der Waals surface area (Å²) in [5.41, 5.74) is 6.70. The van der Waals surface area contributed by atoms with E-state index in [1.807, 2.05) is 0 Å². The SMILES string of the molecule is O=Cc1ccc(OCc2c(COc3ccc(C=O)cc3)c(COc3ccc(C=O)cc3)c(COc3ccc(C=O)cc3)c(COc3ccc(C=O)cc3)c2COc2ccc(C=O)cc2)cc1. The van der Waals surface area contributed by atoms with Crippen LogP contribution in [0.3, 0.4) is 0 Å². The summed E-state index contributed by atoms with van der Waals surface area (Å²) in [5, 5.41) is 0. The van der Waals surface area contributed by atoms with Gasteiger partial charge in [0.05, 0.1) is 0 Å². The Morgan fingerprint density at radius 1 is 0.212 bits per heavy atom. The lowest BCUT2D eigenvalue weighted by molar-refractivity contribution is 0.111. The summed E-state index contributed by atoms with van der Waals surface area (Å²) >= 11 is 0. The predicted octanol–water partition coefficient (Wildman–Crippen LogP) is 10.0. The maximum absolute atomic E-state index is 11.5. The Morgan fingerprint density at radius 3 is 0.439 bits per heavy atom. The van der Waals surface area contributed by atoms with Gasteiger partial charge in [0.15, 0.2) is 0 Å². The molecule has 0 N–H and O–H groups in total. The van der Waals surface area contributed by atoms with Gasteiger partial charge in [0.25, 0.3) is 0 Å². The van der Waals surface area contributed by atoms with E-state index < -0.39 is 0 Å². The van der Waals surface area contributed by atoms with E-state index in [4.69, 9.17) is 28.4 Å². The number of hydrogen-bond donors (Lipinski definition) is 0. The maximum atomic E-state index is 11.5. The van der Waals surface area contributed by atoms with Gasteiger partial charge in [0.1, 0.15) is 112 Å². The van der Waals surface area contributed by atoms with E-state index in [0.717, 1.165) is 37.7 Å². The van der Waals surface area contributed by atoms with Crippen molar-refractivity contribution in [2.45, 2.75) is 39.6 Å². The fourth-order valence-electron chi connectivity index (χ4n) is 6.93. The van der Waals surface area contributed by atoms with Crippen LogP contribution in [-0.2, 0) is 39.6 Å². The van der Waals surface area contributed by atoms with E-state index in [9.17, 15) is 28.8 Å². The zero-order chi connectivity index (χ0) is 46.1. The van der Waals surface area contributed by atoms with E-state index in [1.165, 1.54) is 0 Å². The number of hydrogen-bond acceptors (Lipinski definition) is 12. The van der Waals surface area contributed by atoms with Gasteiger partial charge >= 0.3 is 0 Å². The van der Waals surface area contributed by atoms with Crippen LogP contribution in [0.2, 0.25) is 0 Å². The first-order valence-corrected chi connectivity index (χ1v) is 20.7. The molecule has 0 fully saturated rings. The average Bonchev–Trinajstić information content (AvgIpc) is 3.38. The van der Waals surface area contributed by atoms with Gasteiger partial charge in [-0.3, -0.25) is 28.8 Å².